The summed E-state index contributed by atoms with van der Waals surface area (Å²) in [7, 11) is -3.82. The topological polar surface area (TPSA) is 125 Å². The van der Waals surface area contributed by atoms with Gasteiger partial charge < -0.3 is 15.8 Å². The maximum absolute atomic E-state index is 12.0. The zero-order valence-electron chi connectivity index (χ0n) is 9.62. The number of carbonyl (C=O) groups is 1. The quantitative estimate of drug-likeness (QED) is 0.624. The summed E-state index contributed by atoms with van der Waals surface area (Å²) in [6.45, 7) is 0. The predicted molar refractivity (Wildman–Crippen MR) is 69.4 cm³/mol. The van der Waals surface area contributed by atoms with Crippen molar-refractivity contribution in [3.63, 3.8) is 0 Å². The average Bonchev–Trinajstić information content (AvgIpc) is 2.85. The van der Waals surface area contributed by atoms with Gasteiger partial charge in [0.1, 0.15) is 4.90 Å². The molecule has 0 saturated heterocycles. The first-order valence-electron chi connectivity index (χ1n) is 5.18. The van der Waals surface area contributed by atoms with Crippen LogP contribution in [0.2, 0.25) is 0 Å². The zero-order valence-corrected chi connectivity index (χ0v) is 10.4. The van der Waals surface area contributed by atoms with Crippen LogP contribution in [-0.4, -0.2) is 24.5 Å². The fraction of sp³-hybridized carbons (Fsp3) is 0. The molecule has 0 saturated carbocycles. The number of H-pyrrole nitrogens is 1. The molecule has 0 aliphatic carbocycles. The molecular formula is C11H11N3O4S. The lowest BCUT2D eigenvalue weighted by atomic mass is 10.1. The van der Waals surface area contributed by atoms with E-state index in [0.29, 0.717) is 0 Å². The predicted octanol–water partition coefficient (Wildman–Crippen LogP) is 1.10. The highest BCUT2D eigenvalue weighted by Crippen LogP contribution is 2.22. The molecule has 0 amide bonds. The van der Waals surface area contributed by atoms with Crippen LogP contribution in [0.15, 0.2) is 41.6 Å². The number of carboxylic acid groups (broad SMARTS) is 1. The Kier molecular flexibility index (Phi) is 3.17. The second-order valence-corrected chi connectivity index (χ2v) is 5.44. The molecule has 0 bridgehead atoms. The number of nitrogens with two attached hydrogens (primary N) is 1. The van der Waals surface area contributed by atoms with Crippen LogP contribution in [-0.2, 0) is 10.0 Å². The Morgan fingerprint density at radius 1 is 1.32 bits per heavy atom. The van der Waals surface area contributed by atoms with Crippen LogP contribution in [0.4, 0.5) is 11.4 Å². The van der Waals surface area contributed by atoms with Crippen molar-refractivity contribution in [2.75, 3.05) is 10.5 Å². The normalized spacial score (nSPS) is 11.2. The van der Waals surface area contributed by atoms with Gasteiger partial charge in [0.05, 0.1) is 11.3 Å². The summed E-state index contributed by atoms with van der Waals surface area (Å²) in [5.74, 6) is -1.26. The minimum Gasteiger partial charge on any atom is -0.478 e. The first-order chi connectivity index (χ1) is 8.90. The van der Waals surface area contributed by atoms with Crippen LogP contribution < -0.4 is 10.5 Å². The highest BCUT2D eigenvalue weighted by molar-refractivity contribution is 7.92. The van der Waals surface area contributed by atoms with Crippen LogP contribution in [0.5, 0.6) is 0 Å². The number of aromatic carboxylic acids is 1. The van der Waals surface area contributed by atoms with Gasteiger partial charge in [-0.25, -0.2) is 13.2 Å². The van der Waals surface area contributed by atoms with Gasteiger partial charge in [-0.15, -0.1) is 0 Å². The van der Waals surface area contributed by atoms with Gasteiger partial charge in [0, 0.05) is 18.1 Å². The summed E-state index contributed by atoms with van der Waals surface area (Å²) >= 11 is 0. The number of rotatable bonds is 4. The van der Waals surface area contributed by atoms with E-state index in [1.807, 2.05) is 0 Å². The Morgan fingerprint density at radius 2 is 2.05 bits per heavy atom. The van der Waals surface area contributed by atoms with Crippen LogP contribution >= 0.6 is 0 Å². The minimum atomic E-state index is -3.82. The molecule has 0 spiro atoms. The third-order valence-corrected chi connectivity index (χ3v) is 3.76. The molecule has 0 radical (unpaired) electrons. The Hall–Kier alpha value is -2.48. The number of sulfonamides is 1. The number of carboxylic acids is 1. The van der Waals surface area contributed by atoms with E-state index in [2.05, 4.69) is 9.71 Å². The van der Waals surface area contributed by atoms with E-state index in [1.54, 1.807) is 0 Å². The van der Waals surface area contributed by atoms with Gasteiger partial charge in [0.15, 0.2) is 0 Å². The van der Waals surface area contributed by atoms with E-state index < -0.39 is 16.0 Å². The van der Waals surface area contributed by atoms with Crippen molar-refractivity contribution in [3.8, 4) is 0 Å². The molecule has 7 nitrogen and oxygen atoms in total. The maximum atomic E-state index is 12.0. The van der Waals surface area contributed by atoms with Gasteiger partial charge in [0.25, 0.3) is 10.0 Å². The third kappa shape index (κ3) is 2.68. The van der Waals surface area contributed by atoms with E-state index in [4.69, 9.17) is 10.8 Å². The molecule has 5 N–H and O–H groups in total. The van der Waals surface area contributed by atoms with E-state index >= 15 is 0 Å². The van der Waals surface area contributed by atoms with Gasteiger partial charge in [-0.05, 0) is 24.3 Å². The van der Waals surface area contributed by atoms with Crippen molar-refractivity contribution in [3.05, 3.63) is 42.2 Å². The smallest absolute Gasteiger partial charge is 0.337 e. The lowest BCUT2D eigenvalue weighted by Gasteiger charge is -2.10. The summed E-state index contributed by atoms with van der Waals surface area (Å²) < 4.78 is 26.1. The lowest BCUT2D eigenvalue weighted by molar-refractivity contribution is 0.0698. The van der Waals surface area contributed by atoms with E-state index in [0.717, 1.165) is 0 Å². The third-order valence-electron chi connectivity index (χ3n) is 2.40. The fourth-order valence-electron chi connectivity index (χ4n) is 1.51. The Balaban J connectivity index is 2.42. The molecule has 19 heavy (non-hydrogen) atoms. The van der Waals surface area contributed by atoms with Crippen molar-refractivity contribution in [2.45, 2.75) is 4.90 Å². The fourth-order valence-corrected chi connectivity index (χ4v) is 2.56. The van der Waals surface area contributed by atoms with Crippen molar-refractivity contribution >= 4 is 27.4 Å². The Labute approximate surface area is 109 Å². The molecule has 0 aliphatic heterocycles. The molecule has 0 aliphatic rings. The van der Waals surface area contributed by atoms with Gasteiger partial charge in [-0.3, -0.25) is 4.72 Å². The van der Waals surface area contributed by atoms with E-state index in [9.17, 15) is 13.2 Å². The van der Waals surface area contributed by atoms with Gasteiger partial charge in [-0.1, -0.05) is 0 Å². The van der Waals surface area contributed by atoms with Crippen LogP contribution in [0, 0.1) is 0 Å². The lowest BCUT2D eigenvalue weighted by Crippen LogP contribution is -2.15. The second-order valence-electron chi connectivity index (χ2n) is 3.76. The van der Waals surface area contributed by atoms with E-state index in [1.165, 1.54) is 36.7 Å². The highest BCUT2D eigenvalue weighted by Gasteiger charge is 2.18. The maximum Gasteiger partial charge on any atom is 0.337 e. The van der Waals surface area contributed by atoms with Crippen molar-refractivity contribution in [1.82, 2.24) is 4.98 Å². The summed E-state index contributed by atoms with van der Waals surface area (Å²) in [5.41, 5.74) is 5.47. The van der Waals surface area contributed by atoms with Crippen LogP contribution in [0.3, 0.4) is 0 Å². The summed E-state index contributed by atoms with van der Waals surface area (Å²) in [5, 5.41) is 9.02. The highest BCUT2D eigenvalue weighted by atomic mass is 32.2. The molecule has 1 heterocycles. The number of nitrogen functional groups attached to an aromatic ring is 1. The van der Waals surface area contributed by atoms with Crippen molar-refractivity contribution in [2.24, 2.45) is 0 Å². The number of aromatic amines is 1. The molecule has 8 heteroatoms. The largest absolute Gasteiger partial charge is 0.478 e. The SMILES string of the molecule is Nc1ccc(NS(=O)(=O)c2cc[nH]c2)c(C(=O)O)c1. The van der Waals surface area contributed by atoms with Crippen molar-refractivity contribution in [1.29, 1.82) is 0 Å². The van der Waals surface area contributed by atoms with Crippen LogP contribution in [0.1, 0.15) is 10.4 Å². The Bertz CT molecular complexity index is 708. The standard InChI is InChI=1S/C11H11N3O4S/c12-7-1-2-10(9(5-7)11(15)16)14-19(17,18)8-3-4-13-6-8/h1-6,13-14H,12H2,(H,15,16). The number of nitrogens with one attached hydrogen (secondary N) is 2. The van der Waals surface area contributed by atoms with Crippen molar-refractivity contribution < 1.29 is 18.3 Å². The van der Waals surface area contributed by atoms with Gasteiger partial charge >= 0.3 is 5.97 Å². The zero-order chi connectivity index (χ0) is 14.0. The monoisotopic (exact) mass is 281 g/mol. The molecule has 2 rings (SSSR count). The first kappa shape index (κ1) is 13.0. The minimum absolute atomic E-state index is 0.0145. The molecule has 0 unspecified atom stereocenters. The number of anilines is 2. The molecule has 0 fully saturated rings. The van der Waals surface area contributed by atoms with Gasteiger partial charge in [0.2, 0.25) is 0 Å². The molecule has 2 aromatic rings. The average molecular weight is 281 g/mol. The number of aromatic nitrogens is 1. The van der Waals surface area contributed by atoms with Gasteiger partial charge in [-0.2, -0.15) is 0 Å². The number of hydrogen-bond donors (Lipinski definition) is 4. The summed E-state index contributed by atoms with van der Waals surface area (Å²) in [6.07, 6.45) is 2.75. The molecule has 0 atom stereocenters. The summed E-state index contributed by atoms with van der Waals surface area (Å²) in [6, 6.07) is 5.28. The number of benzene rings is 1. The van der Waals surface area contributed by atoms with Crippen LogP contribution in [0.25, 0.3) is 0 Å². The first-order valence-corrected chi connectivity index (χ1v) is 6.67. The molecule has 1 aromatic heterocycles. The Morgan fingerprint density at radius 3 is 2.63 bits per heavy atom. The number of hydrogen-bond acceptors (Lipinski definition) is 4. The molecule has 100 valence electrons. The molecular weight excluding hydrogens is 270 g/mol. The summed E-state index contributed by atoms with van der Waals surface area (Å²) in [4.78, 5) is 13.7. The molecule has 1 aromatic carbocycles. The van der Waals surface area contributed by atoms with E-state index in [-0.39, 0.29) is 21.8 Å². The second kappa shape index (κ2) is 4.65.